The molecule has 3 rings (SSSR count). The molecule has 0 N–H and O–H groups in total. The summed E-state index contributed by atoms with van der Waals surface area (Å²) in [4.78, 5) is 0. The Morgan fingerprint density at radius 3 is 1.61 bits per heavy atom. The van der Waals surface area contributed by atoms with Crippen LogP contribution in [0.1, 0.15) is 77.8 Å². The van der Waals surface area contributed by atoms with Crippen molar-refractivity contribution in [3.05, 3.63) is 29.3 Å². The third-order valence-corrected chi connectivity index (χ3v) is 5.42. The number of rotatable bonds is 15. The minimum absolute atomic E-state index is 0.581. The first-order valence-electron chi connectivity index (χ1n) is 12.7. The van der Waals surface area contributed by atoms with E-state index in [2.05, 4.69) is 46.8 Å². The van der Waals surface area contributed by atoms with Crippen LogP contribution in [0.3, 0.4) is 0 Å². The lowest BCUT2D eigenvalue weighted by atomic mass is 10.0. The molecule has 1 aliphatic carbocycles. The summed E-state index contributed by atoms with van der Waals surface area (Å²) >= 11 is 0. The third-order valence-electron chi connectivity index (χ3n) is 5.42. The van der Waals surface area contributed by atoms with Crippen molar-refractivity contribution in [1.29, 1.82) is 0 Å². The number of fused-ring (bicyclic) bond motifs is 3. The van der Waals surface area contributed by atoms with Gasteiger partial charge in [-0.25, -0.2) is 0 Å². The van der Waals surface area contributed by atoms with Crippen molar-refractivity contribution >= 4 is 0 Å². The minimum atomic E-state index is 0.581. The summed E-state index contributed by atoms with van der Waals surface area (Å²) in [5, 5.41) is 0. The highest BCUT2D eigenvalue weighted by Gasteiger charge is 2.36. The van der Waals surface area contributed by atoms with E-state index < -0.39 is 0 Å². The highest BCUT2D eigenvalue weighted by atomic mass is 16.6. The van der Waals surface area contributed by atoms with E-state index >= 15 is 0 Å². The van der Waals surface area contributed by atoms with Gasteiger partial charge in [0.05, 0.1) is 33.0 Å². The van der Waals surface area contributed by atoms with Crippen LogP contribution in [0.25, 0.3) is 11.1 Å². The molecule has 0 fully saturated rings. The van der Waals surface area contributed by atoms with Gasteiger partial charge >= 0.3 is 0 Å². The Morgan fingerprint density at radius 1 is 0.545 bits per heavy atom. The molecular weight excluding hydrogens is 416 g/mol. The smallest absolute Gasteiger partial charge is 0.208 e. The van der Waals surface area contributed by atoms with Crippen LogP contribution in [0.5, 0.6) is 28.7 Å². The molecular formula is C28H40O5. The average molecular weight is 457 g/mol. The van der Waals surface area contributed by atoms with Crippen LogP contribution in [0.4, 0.5) is 0 Å². The summed E-state index contributed by atoms with van der Waals surface area (Å²) in [6.07, 6.45) is 5.32. The Balaban J connectivity index is 2.30. The highest BCUT2D eigenvalue weighted by Crippen LogP contribution is 2.59. The third kappa shape index (κ3) is 5.51. The summed E-state index contributed by atoms with van der Waals surface area (Å²) in [5.74, 6) is 3.75. The van der Waals surface area contributed by atoms with Gasteiger partial charge in [0.1, 0.15) is 5.75 Å². The molecule has 33 heavy (non-hydrogen) atoms. The van der Waals surface area contributed by atoms with Gasteiger partial charge in [0, 0.05) is 23.1 Å². The predicted molar refractivity (Wildman–Crippen MR) is 134 cm³/mol. The van der Waals surface area contributed by atoms with E-state index in [0.29, 0.717) is 44.5 Å². The van der Waals surface area contributed by atoms with E-state index in [-0.39, 0.29) is 0 Å². The molecule has 0 bridgehead atoms. The van der Waals surface area contributed by atoms with Crippen molar-refractivity contribution in [3.8, 4) is 39.9 Å². The summed E-state index contributed by atoms with van der Waals surface area (Å²) in [5.41, 5.74) is 4.45. The zero-order valence-corrected chi connectivity index (χ0v) is 21.1. The van der Waals surface area contributed by atoms with Crippen LogP contribution >= 0.6 is 0 Å². The van der Waals surface area contributed by atoms with Gasteiger partial charge in [-0.2, -0.15) is 0 Å². The molecule has 0 aliphatic heterocycles. The lowest BCUT2D eigenvalue weighted by Gasteiger charge is -2.24. The molecule has 0 radical (unpaired) electrons. The van der Waals surface area contributed by atoms with Gasteiger partial charge in [0.25, 0.3) is 0 Å². The van der Waals surface area contributed by atoms with Crippen LogP contribution < -0.4 is 23.7 Å². The van der Waals surface area contributed by atoms with Crippen LogP contribution in [0, 0.1) is 0 Å². The molecule has 2 aromatic rings. The largest absolute Gasteiger partial charge is 0.493 e. The predicted octanol–water partition coefficient (Wildman–Crippen LogP) is 7.20. The van der Waals surface area contributed by atoms with Crippen molar-refractivity contribution < 1.29 is 23.7 Å². The lowest BCUT2D eigenvalue weighted by Crippen LogP contribution is -2.10. The standard InChI is InChI=1S/C28H40O5/c1-6-14-29-22-13-11-12-20-19-21-24(23(20)22)26(31-16-8-3)28(33-18-10-5)27(32-17-9-4)25(21)30-15-7-2/h11-13H,6-10,14-19H2,1-5H3. The van der Waals surface area contributed by atoms with Gasteiger partial charge in [-0.15, -0.1) is 0 Å². The lowest BCUT2D eigenvalue weighted by molar-refractivity contribution is 0.227. The highest BCUT2D eigenvalue weighted by molar-refractivity contribution is 5.92. The summed E-state index contributed by atoms with van der Waals surface area (Å²) in [6, 6.07) is 6.28. The van der Waals surface area contributed by atoms with E-state index in [1.807, 2.05) is 6.07 Å². The normalized spacial score (nSPS) is 11.7. The van der Waals surface area contributed by atoms with E-state index in [9.17, 15) is 0 Å². The summed E-state index contributed by atoms with van der Waals surface area (Å²) < 4.78 is 31.6. The Bertz CT molecular complexity index is 906. The molecule has 0 unspecified atom stereocenters. The van der Waals surface area contributed by atoms with E-state index in [1.165, 1.54) is 5.56 Å². The van der Waals surface area contributed by atoms with Gasteiger partial charge in [-0.3, -0.25) is 0 Å². The Morgan fingerprint density at radius 2 is 1.03 bits per heavy atom. The fraction of sp³-hybridized carbons (Fsp3) is 0.571. The minimum Gasteiger partial charge on any atom is -0.493 e. The van der Waals surface area contributed by atoms with Crippen molar-refractivity contribution in [2.24, 2.45) is 0 Å². The maximum atomic E-state index is 6.41. The molecule has 182 valence electrons. The Hall–Kier alpha value is -2.56. The summed E-state index contributed by atoms with van der Waals surface area (Å²) in [6.45, 7) is 13.6. The van der Waals surface area contributed by atoms with Crippen LogP contribution in [-0.4, -0.2) is 33.0 Å². The molecule has 0 amide bonds. The quantitative estimate of drug-likeness (QED) is 0.242. The fourth-order valence-electron chi connectivity index (χ4n) is 4.04. The van der Waals surface area contributed by atoms with Crippen molar-refractivity contribution in [2.75, 3.05) is 33.0 Å². The van der Waals surface area contributed by atoms with Crippen molar-refractivity contribution in [2.45, 2.75) is 73.1 Å². The first kappa shape index (κ1) is 25.1. The van der Waals surface area contributed by atoms with E-state index in [0.717, 1.165) is 72.5 Å². The van der Waals surface area contributed by atoms with Crippen molar-refractivity contribution in [3.63, 3.8) is 0 Å². The molecule has 0 saturated heterocycles. The number of benzene rings is 2. The topological polar surface area (TPSA) is 46.2 Å². The van der Waals surface area contributed by atoms with Gasteiger partial charge in [-0.1, -0.05) is 46.8 Å². The van der Waals surface area contributed by atoms with Gasteiger partial charge in [0.2, 0.25) is 11.5 Å². The first-order chi connectivity index (χ1) is 16.2. The fourth-order valence-corrected chi connectivity index (χ4v) is 4.04. The van der Waals surface area contributed by atoms with Crippen LogP contribution in [0.15, 0.2) is 18.2 Å². The second-order valence-corrected chi connectivity index (χ2v) is 8.38. The Kier molecular flexibility index (Phi) is 9.59. The molecule has 0 saturated carbocycles. The SMILES string of the molecule is CCCOc1cccc2c1-c1c(c(OCCC)c(OCCC)c(OCCC)c1OCCC)C2. The zero-order chi connectivity index (χ0) is 23.6. The zero-order valence-electron chi connectivity index (χ0n) is 21.1. The molecule has 0 atom stereocenters. The Labute approximate surface area is 199 Å². The molecule has 1 aliphatic rings. The monoisotopic (exact) mass is 456 g/mol. The molecule has 5 heteroatoms. The maximum Gasteiger partial charge on any atom is 0.208 e. The number of ether oxygens (including phenoxy) is 5. The van der Waals surface area contributed by atoms with E-state index in [1.54, 1.807) is 0 Å². The van der Waals surface area contributed by atoms with Gasteiger partial charge in [0.15, 0.2) is 11.5 Å². The molecule has 0 heterocycles. The second-order valence-electron chi connectivity index (χ2n) is 8.38. The van der Waals surface area contributed by atoms with Gasteiger partial charge in [-0.05, 0) is 43.7 Å². The molecule has 0 spiro atoms. The van der Waals surface area contributed by atoms with Crippen LogP contribution in [0.2, 0.25) is 0 Å². The molecule has 2 aromatic carbocycles. The second kappa shape index (κ2) is 12.6. The van der Waals surface area contributed by atoms with Gasteiger partial charge < -0.3 is 23.7 Å². The maximum absolute atomic E-state index is 6.41. The molecule has 5 nitrogen and oxygen atoms in total. The van der Waals surface area contributed by atoms with Crippen LogP contribution in [-0.2, 0) is 6.42 Å². The number of hydrogen-bond acceptors (Lipinski definition) is 5. The van der Waals surface area contributed by atoms with Crippen molar-refractivity contribution in [1.82, 2.24) is 0 Å². The number of hydrogen-bond donors (Lipinski definition) is 0. The average Bonchev–Trinajstić information content (AvgIpc) is 3.22. The first-order valence-corrected chi connectivity index (χ1v) is 12.7. The summed E-state index contributed by atoms with van der Waals surface area (Å²) in [7, 11) is 0. The van der Waals surface area contributed by atoms with E-state index in [4.69, 9.17) is 23.7 Å². The molecule has 0 aromatic heterocycles.